The van der Waals surface area contributed by atoms with Gasteiger partial charge < -0.3 is 25.4 Å². The highest BCUT2D eigenvalue weighted by molar-refractivity contribution is 7.22. The molecule has 3 heterocycles. The van der Waals surface area contributed by atoms with Crippen molar-refractivity contribution in [2.75, 3.05) is 30.4 Å². The minimum Gasteiger partial charge on any atom is -0.453 e. The molecule has 5 aromatic rings. The minimum atomic E-state index is -1.17. The Balaban J connectivity index is 1.10. The Morgan fingerprint density at radius 2 is 1.70 bits per heavy atom. The van der Waals surface area contributed by atoms with Crippen molar-refractivity contribution >= 4 is 44.7 Å². The summed E-state index contributed by atoms with van der Waals surface area (Å²) in [7, 11) is 0. The first kappa shape index (κ1) is 31.3. The summed E-state index contributed by atoms with van der Waals surface area (Å²) < 4.78 is 27.3. The van der Waals surface area contributed by atoms with Gasteiger partial charge in [0.05, 0.1) is 27.4 Å². The maximum atomic E-state index is 15.2. The summed E-state index contributed by atoms with van der Waals surface area (Å²) in [5, 5.41) is 8.86. The quantitative estimate of drug-likeness (QED) is 0.0932. The Kier molecular flexibility index (Phi) is 9.34. The van der Waals surface area contributed by atoms with Gasteiger partial charge in [0.25, 0.3) is 0 Å². The van der Waals surface area contributed by atoms with Crippen LogP contribution in [0.5, 0.6) is 11.5 Å². The van der Waals surface area contributed by atoms with Crippen LogP contribution >= 0.6 is 11.3 Å². The molecule has 0 bridgehead atoms. The molecule has 2 amide bonds. The molecular weight excluding hydrogens is 605 g/mol. The zero-order chi connectivity index (χ0) is 32.1. The fourth-order valence-corrected chi connectivity index (χ4v) is 5.96. The molecule has 11 heteroatoms. The smallest absolute Gasteiger partial charge is 0.240 e. The standard InChI is InChI=1S/C35H34FN5O4S/c1-3-44-17-16-37-20-23-6-10-27(39-21-23)31-19-28-32(46-31)30(12-15-38-28)45-29-11-9-25(18-26(29)36)41-34(43)35(13-14-35)33(42)40-24-7-4-22(2)5-8-24/h4-12,15,18-19,21,37H,3,13-14,16-17,20H2,1-2H3,(H,40,42)(H,41,43). The van der Waals surface area contributed by atoms with Crippen LogP contribution in [0, 0.1) is 18.2 Å². The number of hydrogen-bond acceptors (Lipinski definition) is 8. The highest BCUT2D eigenvalue weighted by atomic mass is 32.1. The summed E-state index contributed by atoms with van der Waals surface area (Å²) >= 11 is 1.46. The monoisotopic (exact) mass is 639 g/mol. The molecule has 0 aliphatic heterocycles. The number of halogens is 1. The first-order valence-corrected chi connectivity index (χ1v) is 16.0. The summed E-state index contributed by atoms with van der Waals surface area (Å²) in [6.45, 7) is 6.77. The normalized spacial score (nSPS) is 13.4. The number of amides is 2. The van der Waals surface area contributed by atoms with Gasteiger partial charge in [0.15, 0.2) is 11.6 Å². The van der Waals surface area contributed by atoms with Crippen LogP contribution < -0.4 is 20.7 Å². The molecule has 2 aromatic carbocycles. The number of thiophene rings is 1. The van der Waals surface area contributed by atoms with Gasteiger partial charge >= 0.3 is 0 Å². The van der Waals surface area contributed by atoms with Crippen molar-refractivity contribution in [3.8, 4) is 22.1 Å². The molecule has 1 saturated carbocycles. The zero-order valence-corrected chi connectivity index (χ0v) is 26.4. The number of ether oxygens (including phenoxy) is 2. The number of fused-ring (bicyclic) bond motifs is 1. The first-order valence-electron chi connectivity index (χ1n) is 15.1. The number of aryl methyl sites for hydroxylation is 1. The predicted octanol–water partition coefficient (Wildman–Crippen LogP) is 7.08. The van der Waals surface area contributed by atoms with Crippen molar-refractivity contribution in [1.29, 1.82) is 0 Å². The number of rotatable bonds is 13. The number of anilines is 2. The van der Waals surface area contributed by atoms with E-state index in [2.05, 4.69) is 25.9 Å². The molecule has 1 fully saturated rings. The van der Waals surface area contributed by atoms with Gasteiger partial charge in [0.1, 0.15) is 11.2 Å². The second kappa shape index (κ2) is 13.7. The molecule has 0 saturated heterocycles. The van der Waals surface area contributed by atoms with Gasteiger partial charge in [-0.1, -0.05) is 23.8 Å². The van der Waals surface area contributed by atoms with Crippen molar-refractivity contribution in [3.63, 3.8) is 0 Å². The van der Waals surface area contributed by atoms with E-state index >= 15 is 4.39 Å². The summed E-state index contributed by atoms with van der Waals surface area (Å²) in [5.41, 5.74) is 3.33. The lowest BCUT2D eigenvalue weighted by molar-refractivity contribution is -0.131. The lowest BCUT2D eigenvalue weighted by Gasteiger charge is -2.16. The molecule has 0 unspecified atom stereocenters. The van der Waals surface area contributed by atoms with Crippen LogP contribution in [0.25, 0.3) is 20.8 Å². The first-order chi connectivity index (χ1) is 22.3. The average Bonchev–Trinajstić information content (AvgIpc) is 3.76. The number of aromatic nitrogens is 2. The van der Waals surface area contributed by atoms with Gasteiger partial charge in [-0.05, 0) is 68.7 Å². The number of carbonyl (C=O) groups is 2. The van der Waals surface area contributed by atoms with Crippen LogP contribution in [-0.4, -0.2) is 41.5 Å². The third-order valence-corrected chi connectivity index (χ3v) is 8.91. The molecular formula is C35H34FN5O4S. The van der Waals surface area contributed by atoms with Crippen LogP contribution in [0.15, 0.2) is 79.1 Å². The maximum absolute atomic E-state index is 15.2. The van der Waals surface area contributed by atoms with Crippen LogP contribution in [-0.2, 0) is 20.9 Å². The largest absolute Gasteiger partial charge is 0.453 e. The summed E-state index contributed by atoms with van der Waals surface area (Å²) in [5.74, 6) is -1.04. The van der Waals surface area contributed by atoms with E-state index in [-0.39, 0.29) is 17.3 Å². The highest BCUT2D eigenvalue weighted by Gasteiger charge is 2.56. The van der Waals surface area contributed by atoms with E-state index in [1.54, 1.807) is 30.5 Å². The lowest BCUT2D eigenvalue weighted by Crippen LogP contribution is -2.35. The van der Waals surface area contributed by atoms with Gasteiger partial charge in [-0.2, -0.15) is 0 Å². The number of nitrogens with zero attached hydrogens (tertiary/aromatic N) is 2. The Morgan fingerprint density at radius 1 is 0.935 bits per heavy atom. The molecule has 236 valence electrons. The van der Waals surface area contributed by atoms with Gasteiger partial charge in [0.2, 0.25) is 11.8 Å². The molecule has 1 aliphatic rings. The second-order valence-electron chi connectivity index (χ2n) is 11.2. The van der Waals surface area contributed by atoms with Crippen LogP contribution in [0.1, 0.15) is 30.9 Å². The maximum Gasteiger partial charge on any atom is 0.240 e. The molecule has 3 N–H and O–H groups in total. The van der Waals surface area contributed by atoms with E-state index in [1.165, 1.54) is 23.5 Å². The third kappa shape index (κ3) is 7.07. The van der Waals surface area contributed by atoms with Crippen LogP contribution in [0.4, 0.5) is 15.8 Å². The van der Waals surface area contributed by atoms with Crippen LogP contribution in [0.3, 0.4) is 0 Å². The van der Waals surface area contributed by atoms with E-state index in [0.717, 1.165) is 32.9 Å². The van der Waals surface area contributed by atoms with E-state index in [0.29, 0.717) is 49.6 Å². The molecule has 1 aliphatic carbocycles. The van der Waals surface area contributed by atoms with Crippen molar-refractivity contribution in [2.24, 2.45) is 5.41 Å². The van der Waals surface area contributed by atoms with Crippen molar-refractivity contribution in [2.45, 2.75) is 33.2 Å². The predicted molar refractivity (Wildman–Crippen MR) is 178 cm³/mol. The summed E-state index contributed by atoms with van der Waals surface area (Å²) in [4.78, 5) is 36.0. The summed E-state index contributed by atoms with van der Waals surface area (Å²) in [6, 6.07) is 19.2. The second-order valence-corrected chi connectivity index (χ2v) is 12.2. The van der Waals surface area contributed by atoms with E-state index in [1.807, 2.05) is 50.4 Å². The number of benzene rings is 2. The van der Waals surface area contributed by atoms with E-state index in [9.17, 15) is 9.59 Å². The molecule has 3 aromatic heterocycles. The number of nitrogens with one attached hydrogen (secondary N) is 3. The molecule has 0 atom stereocenters. The summed E-state index contributed by atoms with van der Waals surface area (Å²) in [6.07, 6.45) is 4.30. The molecule has 9 nitrogen and oxygen atoms in total. The zero-order valence-electron chi connectivity index (χ0n) is 25.6. The van der Waals surface area contributed by atoms with Crippen molar-refractivity contribution < 1.29 is 23.5 Å². The number of hydrogen-bond donors (Lipinski definition) is 3. The topological polar surface area (TPSA) is 114 Å². The minimum absolute atomic E-state index is 0.00184. The van der Waals surface area contributed by atoms with E-state index in [4.69, 9.17) is 9.47 Å². The van der Waals surface area contributed by atoms with Gasteiger partial charge in [0, 0.05) is 55.6 Å². The number of carbonyl (C=O) groups excluding carboxylic acids is 2. The molecule has 46 heavy (non-hydrogen) atoms. The van der Waals surface area contributed by atoms with Crippen molar-refractivity contribution in [3.05, 3.63) is 96.1 Å². The average molecular weight is 640 g/mol. The third-order valence-electron chi connectivity index (χ3n) is 7.75. The van der Waals surface area contributed by atoms with Gasteiger partial charge in [-0.3, -0.25) is 19.6 Å². The number of pyridine rings is 2. The Bertz CT molecular complexity index is 1860. The Morgan fingerprint density at radius 3 is 2.39 bits per heavy atom. The van der Waals surface area contributed by atoms with E-state index < -0.39 is 17.1 Å². The van der Waals surface area contributed by atoms with Crippen LogP contribution in [0.2, 0.25) is 0 Å². The Hall–Kier alpha value is -4.71. The fourth-order valence-electron chi connectivity index (χ4n) is 4.92. The van der Waals surface area contributed by atoms with Gasteiger partial charge in [-0.15, -0.1) is 11.3 Å². The highest BCUT2D eigenvalue weighted by Crippen LogP contribution is 2.48. The van der Waals surface area contributed by atoms with Crippen molar-refractivity contribution in [1.82, 2.24) is 15.3 Å². The Labute approximate surface area is 270 Å². The SMILES string of the molecule is CCOCCNCc1ccc(-c2cc3nccc(Oc4ccc(NC(=O)C5(C(=O)Nc6ccc(C)cc6)CC5)cc4F)c3s2)nc1. The molecule has 0 spiro atoms. The van der Waals surface area contributed by atoms with Gasteiger partial charge in [-0.25, -0.2) is 4.39 Å². The molecule has 6 rings (SSSR count). The molecule has 0 radical (unpaired) electrons. The fraction of sp³-hybridized carbons (Fsp3) is 0.257. The lowest BCUT2D eigenvalue weighted by atomic mass is 10.0.